The van der Waals surface area contributed by atoms with Crippen LogP contribution in [0.4, 0.5) is 13.2 Å². The van der Waals surface area contributed by atoms with E-state index >= 15 is 0 Å². The predicted octanol–water partition coefficient (Wildman–Crippen LogP) is 2.62. The lowest BCUT2D eigenvalue weighted by Gasteiger charge is -2.32. The summed E-state index contributed by atoms with van der Waals surface area (Å²) < 4.78 is 45.0. The van der Waals surface area contributed by atoms with Gasteiger partial charge in [-0.3, -0.25) is 4.79 Å². The number of thioether (sulfide) groups is 1. The average molecular weight is 358 g/mol. The molecule has 0 aliphatic carbocycles. The standard InChI is InChI=1S/C14H13F3N4O2S/c1-2-23-11(22)10-9(8-6-4-3-5-7-8)20-21-12(14(15,16)17)18-19-13(21)24-10/h3-7,9-10,20H,2H2,1H3/t9-,10-/m1/s1. The van der Waals surface area contributed by atoms with Crippen molar-refractivity contribution in [2.24, 2.45) is 0 Å². The van der Waals surface area contributed by atoms with Crippen LogP contribution in [0, 0.1) is 0 Å². The van der Waals surface area contributed by atoms with E-state index in [9.17, 15) is 18.0 Å². The molecule has 1 aromatic carbocycles. The molecular formula is C14H13F3N4O2S. The summed E-state index contributed by atoms with van der Waals surface area (Å²) in [6.45, 7) is 1.85. The van der Waals surface area contributed by atoms with Crippen LogP contribution < -0.4 is 5.43 Å². The van der Waals surface area contributed by atoms with E-state index in [4.69, 9.17) is 4.74 Å². The van der Waals surface area contributed by atoms with Gasteiger partial charge in [0, 0.05) is 0 Å². The third-order valence-electron chi connectivity index (χ3n) is 3.37. The SMILES string of the molecule is CCOC(=O)[C@@H]1Sc2nnc(C(F)(F)F)n2N[C@@H]1c1ccccc1. The van der Waals surface area contributed by atoms with Gasteiger partial charge in [-0.05, 0) is 12.5 Å². The van der Waals surface area contributed by atoms with Crippen LogP contribution in [0.1, 0.15) is 24.4 Å². The molecule has 10 heteroatoms. The number of fused-ring (bicyclic) bond motifs is 1. The van der Waals surface area contributed by atoms with Crippen molar-refractivity contribution >= 4 is 17.7 Å². The molecule has 0 saturated carbocycles. The van der Waals surface area contributed by atoms with Gasteiger partial charge >= 0.3 is 12.1 Å². The summed E-state index contributed by atoms with van der Waals surface area (Å²) >= 11 is 0.897. The molecule has 0 saturated heterocycles. The minimum absolute atomic E-state index is 0.0347. The lowest BCUT2D eigenvalue weighted by atomic mass is 10.0. The summed E-state index contributed by atoms with van der Waals surface area (Å²) in [5, 5.41) is 5.91. The number of carbonyl (C=O) groups excluding carboxylic acids is 1. The van der Waals surface area contributed by atoms with Gasteiger partial charge in [0.2, 0.25) is 5.16 Å². The van der Waals surface area contributed by atoms with Crippen LogP contribution in [0.15, 0.2) is 35.5 Å². The number of hydrogen-bond donors (Lipinski definition) is 1. The van der Waals surface area contributed by atoms with Crippen molar-refractivity contribution in [2.45, 2.75) is 29.5 Å². The fourth-order valence-electron chi connectivity index (χ4n) is 2.35. The largest absolute Gasteiger partial charge is 0.465 e. The molecule has 3 rings (SSSR count). The van der Waals surface area contributed by atoms with E-state index in [-0.39, 0.29) is 11.8 Å². The summed E-state index contributed by atoms with van der Waals surface area (Å²) in [4.78, 5) is 12.2. The Kier molecular flexibility index (Phi) is 4.39. The number of halogens is 3. The number of esters is 1. The van der Waals surface area contributed by atoms with Gasteiger partial charge in [-0.25, -0.2) is 4.68 Å². The van der Waals surface area contributed by atoms with Crippen molar-refractivity contribution in [1.82, 2.24) is 14.9 Å². The van der Waals surface area contributed by atoms with E-state index in [1.165, 1.54) is 0 Å². The van der Waals surface area contributed by atoms with Crippen molar-refractivity contribution in [3.8, 4) is 0 Å². The summed E-state index contributed by atoms with van der Waals surface area (Å²) in [6.07, 6.45) is -4.66. The molecule has 24 heavy (non-hydrogen) atoms. The molecule has 2 heterocycles. The van der Waals surface area contributed by atoms with Gasteiger partial charge in [0.25, 0.3) is 5.82 Å². The number of aromatic nitrogens is 3. The van der Waals surface area contributed by atoms with E-state index < -0.39 is 29.3 Å². The van der Waals surface area contributed by atoms with Gasteiger partial charge in [-0.2, -0.15) is 13.2 Å². The first kappa shape index (κ1) is 16.6. The molecule has 0 fully saturated rings. The fraction of sp³-hybridized carbons (Fsp3) is 0.357. The molecule has 0 bridgehead atoms. The molecule has 0 amide bonds. The zero-order valence-electron chi connectivity index (χ0n) is 12.4. The second kappa shape index (κ2) is 6.34. The van der Waals surface area contributed by atoms with Crippen molar-refractivity contribution in [2.75, 3.05) is 12.0 Å². The molecule has 1 aliphatic heterocycles. The van der Waals surface area contributed by atoms with Crippen LogP contribution in [0.5, 0.6) is 0 Å². The fourth-order valence-corrected chi connectivity index (χ4v) is 3.43. The number of alkyl halides is 3. The zero-order chi connectivity index (χ0) is 17.3. The van der Waals surface area contributed by atoms with Crippen LogP contribution >= 0.6 is 11.8 Å². The van der Waals surface area contributed by atoms with Gasteiger partial charge in [0.05, 0.1) is 12.6 Å². The van der Waals surface area contributed by atoms with Crippen molar-refractivity contribution < 1.29 is 22.7 Å². The molecule has 1 N–H and O–H groups in total. The highest BCUT2D eigenvalue weighted by Crippen LogP contribution is 2.40. The number of ether oxygens (including phenoxy) is 1. The quantitative estimate of drug-likeness (QED) is 0.851. The normalized spacial score (nSPS) is 20.2. The molecular weight excluding hydrogens is 345 g/mol. The van der Waals surface area contributed by atoms with Crippen molar-refractivity contribution in [3.63, 3.8) is 0 Å². The molecule has 0 unspecified atom stereocenters. The Hall–Kier alpha value is -2.23. The molecule has 0 radical (unpaired) electrons. The highest BCUT2D eigenvalue weighted by molar-refractivity contribution is 8.00. The monoisotopic (exact) mass is 358 g/mol. The van der Waals surface area contributed by atoms with E-state index in [1.807, 2.05) is 0 Å². The van der Waals surface area contributed by atoms with Gasteiger partial charge in [0.1, 0.15) is 5.25 Å². The Morgan fingerprint density at radius 2 is 2.04 bits per heavy atom. The van der Waals surface area contributed by atoms with Crippen molar-refractivity contribution in [3.05, 3.63) is 41.7 Å². The van der Waals surface area contributed by atoms with Crippen LogP contribution in [0.2, 0.25) is 0 Å². The lowest BCUT2D eigenvalue weighted by Crippen LogP contribution is -2.40. The van der Waals surface area contributed by atoms with Gasteiger partial charge in [-0.15, -0.1) is 10.2 Å². The second-order valence-electron chi connectivity index (χ2n) is 4.95. The molecule has 2 atom stereocenters. The third-order valence-corrected chi connectivity index (χ3v) is 4.56. The van der Waals surface area contributed by atoms with E-state index in [2.05, 4.69) is 15.6 Å². The van der Waals surface area contributed by atoms with Crippen molar-refractivity contribution in [1.29, 1.82) is 0 Å². The maximum Gasteiger partial charge on any atom is 0.453 e. The first-order valence-electron chi connectivity index (χ1n) is 7.09. The molecule has 128 valence electrons. The van der Waals surface area contributed by atoms with Crippen LogP contribution in [-0.4, -0.2) is 32.7 Å². The minimum atomic E-state index is -4.66. The van der Waals surface area contributed by atoms with Crippen LogP contribution in [-0.2, 0) is 15.7 Å². The highest BCUT2D eigenvalue weighted by Gasteiger charge is 2.44. The first-order valence-corrected chi connectivity index (χ1v) is 7.97. The summed E-state index contributed by atoms with van der Waals surface area (Å²) in [5.41, 5.74) is 3.37. The maximum atomic E-state index is 13.1. The summed E-state index contributed by atoms with van der Waals surface area (Å²) in [7, 11) is 0. The first-order chi connectivity index (χ1) is 11.4. The number of benzene rings is 1. The van der Waals surface area contributed by atoms with E-state index in [0.717, 1.165) is 16.4 Å². The number of hydrogen-bond acceptors (Lipinski definition) is 6. The Balaban J connectivity index is 2.02. The average Bonchev–Trinajstić information content (AvgIpc) is 2.98. The number of nitrogens with one attached hydrogen (secondary N) is 1. The third kappa shape index (κ3) is 3.05. The molecule has 6 nitrogen and oxygen atoms in total. The van der Waals surface area contributed by atoms with Gasteiger partial charge in [0.15, 0.2) is 0 Å². The Morgan fingerprint density at radius 1 is 1.33 bits per heavy atom. The summed E-state index contributed by atoms with van der Waals surface area (Å²) in [5.74, 6) is -1.68. The Bertz CT molecular complexity index is 735. The molecule has 1 aromatic heterocycles. The molecule has 0 spiro atoms. The summed E-state index contributed by atoms with van der Waals surface area (Å²) in [6, 6.07) is 8.02. The molecule has 1 aliphatic rings. The Morgan fingerprint density at radius 3 is 2.67 bits per heavy atom. The smallest absolute Gasteiger partial charge is 0.453 e. The maximum absolute atomic E-state index is 13.1. The molecule has 2 aromatic rings. The Labute approximate surface area is 139 Å². The van der Waals surface area contributed by atoms with Crippen LogP contribution in [0.3, 0.4) is 0 Å². The number of rotatable bonds is 3. The van der Waals surface area contributed by atoms with E-state index in [1.54, 1.807) is 37.3 Å². The van der Waals surface area contributed by atoms with Crippen LogP contribution in [0.25, 0.3) is 0 Å². The number of nitrogens with zero attached hydrogens (tertiary/aromatic N) is 3. The van der Waals surface area contributed by atoms with E-state index in [0.29, 0.717) is 5.56 Å². The topological polar surface area (TPSA) is 69.0 Å². The predicted molar refractivity (Wildman–Crippen MR) is 79.8 cm³/mol. The minimum Gasteiger partial charge on any atom is -0.465 e. The highest BCUT2D eigenvalue weighted by atomic mass is 32.2. The second-order valence-corrected chi connectivity index (χ2v) is 6.06. The zero-order valence-corrected chi connectivity index (χ0v) is 13.3. The number of carbonyl (C=O) groups is 1. The van der Waals surface area contributed by atoms with Gasteiger partial charge in [-0.1, -0.05) is 42.1 Å². The van der Waals surface area contributed by atoms with Gasteiger partial charge < -0.3 is 10.2 Å². The lowest BCUT2D eigenvalue weighted by molar-refractivity contribution is -0.147.